The predicted octanol–water partition coefficient (Wildman–Crippen LogP) is 5.84. The van der Waals surface area contributed by atoms with Crippen molar-refractivity contribution in [2.45, 2.75) is 97.8 Å². The molecule has 2 heteroatoms. The average molecular weight is 324 g/mol. The zero-order valence-corrected chi connectivity index (χ0v) is 16.1. The van der Waals surface area contributed by atoms with Crippen molar-refractivity contribution in [3.63, 3.8) is 0 Å². The topological polar surface area (TPSA) is 20.3 Å². The van der Waals surface area contributed by atoms with E-state index in [0.29, 0.717) is 11.7 Å². The van der Waals surface area contributed by atoms with Crippen molar-refractivity contribution in [1.29, 1.82) is 0 Å². The van der Waals surface area contributed by atoms with Crippen molar-refractivity contribution < 1.29 is 4.79 Å². The van der Waals surface area contributed by atoms with Crippen molar-refractivity contribution in [3.05, 3.63) is 0 Å². The van der Waals surface area contributed by atoms with Crippen molar-refractivity contribution in [3.8, 4) is 0 Å². The number of rotatable bonds is 4. The van der Waals surface area contributed by atoms with Gasteiger partial charge in [-0.1, -0.05) is 59.3 Å². The number of ketones is 1. The lowest BCUT2D eigenvalue weighted by molar-refractivity contribution is -0.119. The van der Waals surface area contributed by atoms with Crippen LogP contribution in [0.15, 0.2) is 0 Å². The molecule has 1 aliphatic heterocycles. The van der Waals surface area contributed by atoms with Gasteiger partial charge in [0.25, 0.3) is 0 Å². The van der Waals surface area contributed by atoms with Crippen molar-refractivity contribution >= 4 is 5.78 Å². The number of piperidine rings is 1. The van der Waals surface area contributed by atoms with Crippen molar-refractivity contribution in [2.75, 3.05) is 19.6 Å². The summed E-state index contributed by atoms with van der Waals surface area (Å²) in [4.78, 5) is 13.1. The van der Waals surface area contributed by atoms with E-state index in [2.05, 4.69) is 18.7 Å². The van der Waals surface area contributed by atoms with Crippen LogP contribution < -0.4 is 0 Å². The zero-order valence-electron chi connectivity index (χ0n) is 16.1. The summed E-state index contributed by atoms with van der Waals surface area (Å²) in [6, 6.07) is 0. The molecule has 2 nitrogen and oxygen atoms in total. The van der Waals surface area contributed by atoms with Gasteiger partial charge in [-0.3, -0.25) is 4.79 Å². The Bertz CT molecular complexity index is 283. The molecule has 1 saturated heterocycles. The lowest BCUT2D eigenvalue weighted by atomic mass is 9.91. The maximum Gasteiger partial charge on any atom is 0.135 e. The summed E-state index contributed by atoms with van der Waals surface area (Å²) in [5.41, 5.74) is 0. The normalized spacial score (nSPS) is 22.4. The molecule has 1 heterocycles. The smallest absolute Gasteiger partial charge is 0.135 e. The van der Waals surface area contributed by atoms with Crippen molar-refractivity contribution in [1.82, 2.24) is 4.90 Å². The molecule has 0 aromatic heterocycles. The van der Waals surface area contributed by atoms with Gasteiger partial charge in [0.2, 0.25) is 0 Å². The largest absolute Gasteiger partial charge is 0.303 e. The number of hydrogen-bond donors (Lipinski definition) is 0. The summed E-state index contributed by atoms with van der Waals surface area (Å²) in [7, 11) is 0. The maximum absolute atomic E-state index is 10.6. The highest BCUT2D eigenvalue weighted by atomic mass is 16.1. The van der Waals surface area contributed by atoms with Crippen LogP contribution in [-0.4, -0.2) is 30.3 Å². The van der Waals surface area contributed by atoms with E-state index in [4.69, 9.17) is 0 Å². The summed E-state index contributed by atoms with van der Waals surface area (Å²) < 4.78 is 0. The Hall–Kier alpha value is -0.370. The van der Waals surface area contributed by atoms with E-state index in [1.54, 1.807) is 0 Å². The summed E-state index contributed by atoms with van der Waals surface area (Å²) in [6.45, 7) is 10.6. The van der Waals surface area contributed by atoms with Gasteiger partial charge < -0.3 is 4.90 Å². The highest BCUT2D eigenvalue weighted by molar-refractivity contribution is 5.82. The van der Waals surface area contributed by atoms with Gasteiger partial charge in [0.1, 0.15) is 5.78 Å². The van der Waals surface area contributed by atoms with Gasteiger partial charge in [0, 0.05) is 12.3 Å². The molecule has 0 atom stereocenters. The summed E-state index contributed by atoms with van der Waals surface area (Å²) in [5, 5.41) is 0. The highest BCUT2D eigenvalue weighted by Crippen LogP contribution is 2.30. The minimum absolute atomic E-state index is 0.458. The molecule has 0 N–H and O–H groups in total. The summed E-state index contributed by atoms with van der Waals surface area (Å²) >= 11 is 0. The number of nitrogens with zero attached hydrogens (tertiary/aromatic N) is 1. The summed E-state index contributed by atoms with van der Waals surface area (Å²) in [6.07, 6.45) is 16.1. The Morgan fingerprint density at radius 1 is 0.870 bits per heavy atom. The molecule has 0 amide bonds. The minimum atomic E-state index is 0.458. The lowest BCUT2D eigenvalue weighted by Gasteiger charge is -2.25. The third kappa shape index (κ3) is 10.9. The van der Waals surface area contributed by atoms with Gasteiger partial charge in [0.05, 0.1) is 0 Å². The Morgan fingerprint density at radius 2 is 1.43 bits per heavy atom. The van der Waals surface area contributed by atoms with Crippen LogP contribution in [0.5, 0.6) is 0 Å². The molecule has 0 radical (unpaired) electrons. The SMILES string of the molecule is CC1CCCCC1.CCC(=O)C1CC1.CCCN1CCCCC1. The third-order valence-electron chi connectivity index (χ3n) is 5.26. The first-order valence-electron chi connectivity index (χ1n) is 10.4. The second-order valence-electron chi connectivity index (χ2n) is 7.74. The van der Waals surface area contributed by atoms with Gasteiger partial charge >= 0.3 is 0 Å². The second-order valence-corrected chi connectivity index (χ2v) is 7.74. The molecular formula is C21H41NO. The fraction of sp³-hybridized carbons (Fsp3) is 0.952. The lowest BCUT2D eigenvalue weighted by Crippen LogP contribution is -2.30. The van der Waals surface area contributed by atoms with E-state index in [-0.39, 0.29) is 0 Å². The monoisotopic (exact) mass is 323 g/mol. The van der Waals surface area contributed by atoms with Gasteiger partial charge in [0.15, 0.2) is 0 Å². The van der Waals surface area contributed by atoms with Gasteiger partial charge in [-0.25, -0.2) is 0 Å². The first-order chi connectivity index (χ1) is 11.2. The van der Waals surface area contributed by atoms with E-state index in [1.165, 1.54) is 77.4 Å². The van der Waals surface area contributed by atoms with Crippen LogP contribution >= 0.6 is 0 Å². The first-order valence-corrected chi connectivity index (χ1v) is 10.4. The Labute approximate surface area is 145 Å². The Morgan fingerprint density at radius 3 is 1.78 bits per heavy atom. The molecule has 3 fully saturated rings. The average Bonchev–Trinajstić information content (AvgIpc) is 3.42. The van der Waals surface area contributed by atoms with E-state index < -0.39 is 0 Å². The van der Waals surface area contributed by atoms with Crippen LogP contribution in [0.2, 0.25) is 0 Å². The number of hydrogen-bond acceptors (Lipinski definition) is 2. The molecule has 0 spiro atoms. The zero-order chi connectivity index (χ0) is 16.9. The first kappa shape index (κ1) is 20.7. The van der Waals surface area contributed by atoms with Crippen LogP contribution in [0.25, 0.3) is 0 Å². The van der Waals surface area contributed by atoms with Crippen LogP contribution in [0.1, 0.15) is 97.8 Å². The molecule has 3 aliphatic rings. The number of Topliss-reactive ketones (excluding diaryl/α,β-unsaturated/α-hetero) is 1. The Kier molecular flexibility index (Phi) is 11.7. The van der Waals surface area contributed by atoms with Gasteiger partial charge in [-0.05, 0) is 57.7 Å². The van der Waals surface area contributed by atoms with E-state index in [0.717, 1.165) is 25.2 Å². The van der Waals surface area contributed by atoms with Gasteiger partial charge in [-0.15, -0.1) is 0 Å². The molecule has 0 aromatic rings. The fourth-order valence-corrected chi connectivity index (χ4v) is 3.50. The standard InChI is InChI=1S/C8H17N.C7H14.C6H10O/c1-2-6-9-7-4-3-5-8-9;1-7-5-3-2-4-6-7;1-2-6(7)5-3-4-5/h2-8H2,1H3;7H,2-6H2,1H3;5H,2-4H2,1H3. The van der Waals surface area contributed by atoms with E-state index >= 15 is 0 Å². The molecular weight excluding hydrogens is 282 g/mol. The molecule has 0 aromatic carbocycles. The van der Waals surface area contributed by atoms with Crippen LogP contribution in [0, 0.1) is 11.8 Å². The molecule has 136 valence electrons. The number of carbonyl (C=O) groups is 1. The minimum Gasteiger partial charge on any atom is -0.303 e. The molecule has 23 heavy (non-hydrogen) atoms. The third-order valence-corrected chi connectivity index (χ3v) is 5.26. The van der Waals surface area contributed by atoms with Crippen LogP contribution in [-0.2, 0) is 4.79 Å². The predicted molar refractivity (Wildman–Crippen MR) is 101 cm³/mol. The van der Waals surface area contributed by atoms with Crippen LogP contribution in [0.3, 0.4) is 0 Å². The summed E-state index contributed by atoms with van der Waals surface area (Å²) in [5.74, 6) is 1.97. The molecule has 2 saturated carbocycles. The molecule has 0 bridgehead atoms. The fourth-order valence-electron chi connectivity index (χ4n) is 3.50. The number of likely N-dealkylation sites (tertiary alicyclic amines) is 1. The molecule has 3 rings (SSSR count). The quantitative estimate of drug-likeness (QED) is 0.647. The van der Waals surface area contributed by atoms with Crippen LogP contribution in [0.4, 0.5) is 0 Å². The highest BCUT2D eigenvalue weighted by Gasteiger charge is 2.27. The van der Waals surface area contributed by atoms with E-state index in [1.807, 2.05) is 6.92 Å². The molecule has 2 aliphatic carbocycles. The molecule has 0 unspecified atom stereocenters. The maximum atomic E-state index is 10.6. The second kappa shape index (κ2) is 13.0. The van der Waals surface area contributed by atoms with Gasteiger partial charge in [-0.2, -0.15) is 0 Å². The van der Waals surface area contributed by atoms with E-state index in [9.17, 15) is 4.79 Å². The Balaban J connectivity index is 0.000000175. The van der Waals surface area contributed by atoms with Crippen molar-refractivity contribution in [2.24, 2.45) is 11.8 Å². The number of carbonyl (C=O) groups excluding carboxylic acids is 1.